The zero-order chi connectivity index (χ0) is 22.0. The Bertz CT molecular complexity index is 1170. The predicted octanol–water partition coefficient (Wildman–Crippen LogP) is 4.67. The molecule has 1 amide bonds. The number of nitrogens with one attached hydrogen (secondary N) is 1. The average molecular weight is 441 g/mol. The number of fused-ring (bicyclic) bond motifs is 1. The molecule has 3 heterocycles. The first-order chi connectivity index (χ1) is 14.6. The summed E-state index contributed by atoms with van der Waals surface area (Å²) in [5.74, 6) is 0.945. The topological polar surface area (TPSA) is 100 Å². The van der Waals surface area contributed by atoms with Gasteiger partial charge in [-0.3, -0.25) is 13.9 Å². The Morgan fingerprint density at radius 1 is 1.26 bits per heavy atom. The van der Waals surface area contributed by atoms with Gasteiger partial charge in [0.2, 0.25) is 0 Å². The molecule has 164 valence electrons. The van der Waals surface area contributed by atoms with Crippen LogP contribution in [0.3, 0.4) is 0 Å². The van der Waals surface area contributed by atoms with E-state index in [1.54, 1.807) is 6.20 Å². The van der Waals surface area contributed by atoms with Gasteiger partial charge < -0.3 is 5.32 Å². The Morgan fingerprint density at radius 2 is 2.00 bits per heavy atom. The van der Waals surface area contributed by atoms with Gasteiger partial charge in [-0.1, -0.05) is 26.0 Å². The third-order valence-corrected chi connectivity index (χ3v) is 8.24. The van der Waals surface area contributed by atoms with E-state index in [1.165, 1.54) is 18.4 Å². The molecule has 2 aliphatic rings. The van der Waals surface area contributed by atoms with Crippen molar-refractivity contribution in [3.8, 4) is 5.69 Å². The van der Waals surface area contributed by atoms with Gasteiger partial charge in [-0.2, -0.15) is 15.7 Å². The maximum atomic E-state index is 12.9. The molecule has 31 heavy (non-hydrogen) atoms. The Labute approximate surface area is 183 Å². The molecular weight excluding hydrogens is 412 g/mol. The van der Waals surface area contributed by atoms with Gasteiger partial charge in [0.25, 0.3) is 5.91 Å². The van der Waals surface area contributed by atoms with Crippen LogP contribution in [0.2, 0.25) is 0 Å². The Balaban J connectivity index is 1.51. The number of rotatable bonds is 5. The van der Waals surface area contributed by atoms with Gasteiger partial charge in [-0.05, 0) is 55.4 Å². The SMILES string of the molecule is CC(C)c1nn(-c2cccc(C3CC3)c2)c2ncc(C(=O)NC3(C)CS(O)(O)C3)cc12. The molecule has 1 aliphatic carbocycles. The Morgan fingerprint density at radius 3 is 2.65 bits per heavy atom. The van der Waals surface area contributed by atoms with Crippen LogP contribution in [-0.2, 0) is 0 Å². The van der Waals surface area contributed by atoms with Crippen molar-refractivity contribution in [2.45, 2.75) is 51.0 Å². The largest absolute Gasteiger partial charge is 0.344 e. The Hall–Kier alpha value is -2.42. The molecule has 8 heteroatoms. The van der Waals surface area contributed by atoms with Crippen LogP contribution >= 0.6 is 10.6 Å². The molecule has 1 aliphatic heterocycles. The minimum atomic E-state index is -2.55. The van der Waals surface area contributed by atoms with Gasteiger partial charge in [-0.25, -0.2) is 9.67 Å². The average Bonchev–Trinajstić information content (AvgIpc) is 3.46. The minimum Gasteiger partial charge on any atom is -0.344 e. The molecule has 3 N–H and O–H groups in total. The van der Waals surface area contributed by atoms with E-state index in [9.17, 15) is 13.9 Å². The van der Waals surface area contributed by atoms with Crippen molar-refractivity contribution >= 4 is 27.5 Å². The van der Waals surface area contributed by atoms with Gasteiger partial charge >= 0.3 is 0 Å². The highest BCUT2D eigenvalue weighted by Gasteiger charge is 2.45. The highest BCUT2D eigenvalue weighted by molar-refractivity contribution is 8.25. The monoisotopic (exact) mass is 440 g/mol. The maximum absolute atomic E-state index is 12.9. The van der Waals surface area contributed by atoms with Crippen LogP contribution in [0, 0.1) is 0 Å². The summed E-state index contributed by atoms with van der Waals surface area (Å²) in [6.45, 7) is 6.00. The van der Waals surface area contributed by atoms with E-state index in [2.05, 4.69) is 42.3 Å². The maximum Gasteiger partial charge on any atom is 0.253 e. The molecule has 0 bridgehead atoms. The lowest BCUT2D eigenvalue weighted by atomic mass is 10.0. The summed E-state index contributed by atoms with van der Waals surface area (Å²) in [7, 11) is -2.55. The minimum absolute atomic E-state index is 0.174. The molecule has 0 unspecified atom stereocenters. The van der Waals surface area contributed by atoms with E-state index < -0.39 is 16.1 Å². The number of hydrogen-bond acceptors (Lipinski definition) is 5. The van der Waals surface area contributed by atoms with Crippen molar-refractivity contribution in [2.24, 2.45) is 0 Å². The van der Waals surface area contributed by atoms with Crippen LogP contribution in [0.1, 0.15) is 67.1 Å². The van der Waals surface area contributed by atoms with Gasteiger partial charge in [0.1, 0.15) is 0 Å². The molecular formula is C23H28N4O3S. The first-order valence-corrected chi connectivity index (χ1v) is 12.6. The van der Waals surface area contributed by atoms with Crippen LogP contribution in [0.25, 0.3) is 16.7 Å². The highest BCUT2D eigenvalue weighted by Crippen LogP contribution is 2.53. The second-order valence-corrected chi connectivity index (χ2v) is 11.7. The zero-order valence-corrected chi connectivity index (χ0v) is 18.8. The summed E-state index contributed by atoms with van der Waals surface area (Å²) in [6, 6.07) is 10.3. The van der Waals surface area contributed by atoms with E-state index in [0.717, 1.165) is 22.4 Å². The second-order valence-electron chi connectivity index (χ2n) is 9.52. The van der Waals surface area contributed by atoms with Crippen LogP contribution in [0.15, 0.2) is 36.5 Å². The third kappa shape index (κ3) is 3.84. The van der Waals surface area contributed by atoms with E-state index in [-0.39, 0.29) is 23.3 Å². The summed E-state index contributed by atoms with van der Waals surface area (Å²) in [5, 5.41) is 8.66. The van der Waals surface area contributed by atoms with Crippen molar-refractivity contribution in [3.05, 3.63) is 53.3 Å². The van der Waals surface area contributed by atoms with E-state index in [0.29, 0.717) is 11.5 Å². The van der Waals surface area contributed by atoms with Crippen LogP contribution in [-0.4, -0.2) is 46.8 Å². The molecule has 1 saturated carbocycles. The molecule has 3 aromatic rings. The van der Waals surface area contributed by atoms with Gasteiger partial charge in [0.05, 0.1) is 34.0 Å². The number of pyridine rings is 1. The fraction of sp³-hybridized carbons (Fsp3) is 0.435. The van der Waals surface area contributed by atoms with E-state index >= 15 is 0 Å². The number of hydrogen-bond donors (Lipinski definition) is 3. The molecule has 0 atom stereocenters. The lowest BCUT2D eigenvalue weighted by Gasteiger charge is -2.54. The number of carbonyl (C=O) groups excluding carboxylic acids is 1. The third-order valence-electron chi connectivity index (χ3n) is 6.04. The standard InChI is InChI=1S/C23H28N4O3S/c1-14(2)20-19-10-17(22(28)25-23(3)12-31(29,30)13-23)11-24-21(19)27(26-20)18-6-4-5-16(9-18)15-7-8-15/h4-6,9-11,14-15,29-30H,7-8,12-13H2,1-3H3,(H,25,28). The first-order valence-electron chi connectivity index (χ1n) is 10.7. The second kappa shape index (κ2) is 7.05. The van der Waals surface area contributed by atoms with Gasteiger partial charge in [0.15, 0.2) is 5.65 Å². The quantitative estimate of drug-likeness (QED) is 0.535. The number of benzene rings is 1. The molecule has 0 radical (unpaired) electrons. The lowest BCUT2D eigenvalue weighted by Crippen LogP contribution is -2.61. The summed E-state index contributed by atoms with van der Waals surface area (Å²) in [4.78, 5) is 17.5. The van der Waals surface area contributed by atoms with Crippen molar-refractivity contribution in [2.75, 3.05) is 11.5 Å². The van der Waals surface area contributed by atoms with Crippen LogP contribution in [0.4, 0.5) is 0 Å². The van der Waals surface area contributed by atoms with Crippen molar-refractivity contribution in [1.29, 1.82) is 0 Å². The summed E-state index contributed by atoms with van der Waals surface area (Å²) >= 11 is 0. The number of nitrogens with zero attached hydrogens (tertiary/aromatic N) is 3. The molecule has 7 nitrogen and oxygen atoms in total. The number of aromatic nitrogens is 3. The zero-order valence-electron chi connectivity index (χ0n) is 18.0. The molecule has 1 aromatic carbocycles. The predicted molar refractivity (Wildman–Crippen MR) is 123 cm³/mol. The van der Waals surface area contributed by atoms with E-state index in [1.807, 2.05) is 23.7 Å². The first kappa shape index (κ1) is 20.5. The normalized spacial score (nSPS) is 20.5. The van der Waals surface area contributed by atoms with E-state index in [4.69, 9.17) is 5.10 Å². The molecule has 1 saturated heterocycles. The molecule has 0 spiro atoms. The van der Waals surface area contributed by atoms with Crippen molar-refractivity contribution in [1.82, 2.24) is 20.1 Å². The van der Waals surface area contributed by atoms with Crippen LogP contribution < -0.4 is 5.32 Å². The fourth-order valence-corrected chi connectivity index (χ4v) is 6.58. The molecule has 2 aromatic heterocycles. The molecule has 2 fully saturated rings. The number of carbonyl (C=O) groups is 1. The fourth-order valence-electron chi connectivity index (χ4n) is 4.48. The summed E-state index contributed by atoms with van der Waals surface area (Å²) in [6.07, 6.45) is 4.06. The van der Waals surface area contributed by atoms with Gasteiger partial charge in [0, 0.05) is 11.6 Å². The van der Waals surface area contributed by atoms with Crippen molar-refractivity contribution < 1.29 is 13.9 Å². The Kier molecular flexibility index (Phi) is 4.66. The lowest BCUT2D eigenvalue weighted by molar-refractivity contribution is 0.0914. The van der Waals surface area contributed by atoms with Crippen LogP contribution in [0.5, 0.6) is 0 Å². The molecule has 5 rings (SSSR count). The number of amides is 1. The van der Waals surface area contributed by atoms with Gasteiger partial charge in [-0.15, -0.1) is 0 Å². The summed E-state index contributed by atoms with van der Waals surface area (Å²) < 4.78 is 21.3. The smallest absolute Gasteiger partial charge is 0.253 e. The van der Waals surface area contributed by atoms with Crippen molar-refractivity contribution in [3.63, 3.8) is 0 Å². The summed E-state index contributed by atoms with van der Waals surface area (Å²) in [5.41, 5.74) is 3.81. The highest BCUT2D eigenvalue weighted by atomic mass is 32.3.